The zero-order chi connectivity index (χ0) is 10.7. The van der Waals surface area contributed by atoms with Crippen LogP contribution < -0.4 is 5.32 Å². The number of carbonyl (C=O) groups excluding carboxylic acids is 1. The molecule has 15 heavy (non-hydrogen) atoms. The molecule has 2 nitrogen and oxygen atoms in total. The molecule has 0 spiro atoms. The first-order valence-electron chi connectivity index (χ1n) is 5.25. The summed E-state index contributed by atoms with van der Waals surface area (Å²) in [5.41, 5.74) is 2.48. The molecule has 0 aromatic heterocycles. The van der Waals surface area contributed by atoms with Crippen LogP contribution in [0.15, 0.2) is 35.9 Å². The quantitative estimate of drug-likeness (QED) is 0.781. The first-order chi connectivity index (χ1) is 7.25. The third-order valence-corrected chi connectivity index (χ3v) is 2.82. The maximum atomic E-state index is 11.1. The highest BCUT2D eigenvalue weighted by atomic mass is 16.1. The Hall–Kier alpha value is -1.57. The van der Waals surface area contributed by atoms with Crippen molar-refractivity contribution in [2.45, 2.75) is 13.3 Å². The molecule has 0 radical (unpaired) electrons. The van der Waals surface area contributed by atoms with Gasteiger partial charge in [-0.3, -0.25) is 4.79 Å². The summed E-state index contributed by atoms with van der Waals surface area (Å²) in [6.07, 6.45) is 2.79. The Kier molecular flexibility index (Phi) is 2.86. The molecule has 2 heteroatoms. The van der Waals surface area contributed by atoms with Crippen LogP contribution in [0.2, 0.25) is 0 Å². The summed E-state index contributed by atoms with van der Waals surface area (Å²) in [6.45, 7) is 2.88. The number of hydrogen-bond donors (Lipinski definition) is 1. The Labute approximate surface area is 90.0 Å². The van der Waals surface area contributed by atoms with E-state index >= 15 is 0 Å². The minimum Gasteiger partial charge on any atom is -0.355 e. The van der Waals surface area contributed by atoms with E-state index < -0.39 is 0 Å². The SMILES string of the molecule is CC(=Cc1ccccc1)C1CNC(=O)C1. The first-order valence-corrected chi connectivity index (χ1v) is 5.25. The monoisotopic (exact) mass is 201 g/mol. The molecule has 1 unspecified atom stereocenters. The zero-order valence-electron chi connectivity index (χ0n) is 8.86. The molecule has 1 heterocycles. The van der Waals surface area contributed by atoms with E-state index in [4.69, 9.17) is 0 Å². The standard InChI is InChI=1S/C13H15NO/c1-10(12-8-13(15)14-9-12)7-11-5-3-2-4-6-11/h2-7,12H,8-9H2,1H3,(H,14,15). The van der Waals surface area contributed by atoms with Crippen LogP contribution >= 0.6 is 0 Å². The second-order valence-corrected chi connectivity index (χ2v) is 4.00. The molecular formula is C13H15NO. The van der Waals surface area contributed by atoms with Gasteiger partial charge in [0.1, 0.15) is 0 Å². The minimum absolute atomic E-state index is 0.167. The third kappa shape index (κ3) is 2.46. The molecule has 1 aromatic rings. The van der Waals surface area contributed by atoms with Gasteiger partial charge in [0.15, 0.2) is 0 Å². The fourth-order valence-electron chi connectivity index (χ4n) is 1.86. The summed E-state index contributed by atoms with van der Waals surface area (Å²) in [5, 5.41) is 2.86. The Morgan fingerprint density at radius 2 is 2.13 bits per heavy atom. The fraction of sp³-hybridized carbons (Fsp3) is 0.308. The van der Waals surface area contributed by atoms with Crippen molar-refractivity contribution >= 4 is 12.0 Å². The highest BCUT2D eigenvalue weighted by molar-refractivity contribution is 5.79. The normalized spacial score (nSPS) is 21.5. The highest BCUT2D eigenvalue weighted by Crippen LogP contribution is 2.20. The van der Waals surface area contributed by atoms with Crippen LogP contribution in [-0.2, 0) is 4.79 Å². The average molecular weight is 201 g/mol. The van der Waals surface area contributed by atoms with Gasteiger partial charge in [0, 0.05) is 18.9 Å². The summed E-state index contributed by atoms with van der Waals surface area (Å²) >= 11 is 0. The Balaban J connectivity index is 2.11. The Morgan fingerprint density at radius 3 is 2.73 bits per heavy atom. The van der Waals surface area contributed by atoms with Gasteiger partial charge < -0.3 is 5.32 Å². The summed E-state index contributed by atoms with van der Waals surface area (Å²) in [7, 11) is 0. The van der Waals surface area contributed by atoms with E-state index in [1.165, 1.54) is 11.1 Å². The van der Waals surface area contributed by atoms with Crippen LogP contribution in [0, 0.1) is 5.92 Å². The van der Waals surface area contributed by atoms with Crippen LogP contribution in [0.4, 0.5) is 0 Å². The van der Waals surface area contributed by atoms with E-state index in [0.29, 0.717) is 12.3 Å². The maximum Gasteiger partial charge on any atom is 0.220 e. The minimum atomic E-state index is 0.167. The molecule has 1 aliphatic heterocycles. The van der Waals surface area contributed by atoms with E-state index in [9.17, 15) is 4.79 Å². The van der Waals surface area contributed by atoms with Crippen molar-refractivity contribution in [3.63, 3.8) is 0 Å². The number of carbonyl (C=O) groups is 1. The van der Waals surface area contributed by atoms with E-state index in [1.54, 1.807) is 0 Å². The number of amides is 1. The van der Waals surface area contributed by atoms with E-state index in [1.807, 2.05) is 18.2 Å². The van der Waals surface area contributed by atoms with Gasteiger partial charge in [-0.1, -0.05) is 42.0 Å². The second kappa shape index (κ2) is 4.30. The van der Waals surface area contributed by atoms with Crippen molar-refractivity contribution in [3.8, 4) is 0 Å². The first kappa shape index (κ1) is 9.97. The fourth-order valence-corrected chi connectivity index (χ4v) is 1.86. The van der Waals surface area contributed by atoms with Crippen molar-refractivity contribution in [2.24, 2.45) is 5.92 Å². The smallest absolute Gasteiger partial charge is 0.220 e. The molecular weight excluding hydrogens is 186 g/mol. The topological polar surface area (TPSA) is 29.1 Å². The van der Waals surface area contributed by atoms with Gasteiger partial charge in [-0.2, -0.15) is 0 Å². The number of hydrogen-bond acceptors (Lipinski definition) is 1. The molecule has 1 aliphatic rings. The number of rotatable bonds is 2. The largest absolute Gasteiger partial charge is 0.355 e. The lowest BCUT2D eigenvalue weighted by Gasteiger charge is -2.07. The van der Waals surface area contributed by atoms with Gasteiger partial charge in [-0.25, -0.2) is 0 Å². The van der Waals surface area contributed by atoms with Crippen molar-refractivity contribution in [3.05, 3.63) is 41.5 Å². The van der Waals surface area contributed by atoms with E-state index in [0.717, 1.165) is 6.54 Å². The van der Waals surface area contributed by atoms with Crippen LogP contribution in [0.25, 0.3) is 6.08 Å². The molecule has 1 N–H and O–H groups in total. The van der Waals surface area contributed by atoms with Gasteiger partial charge in [0.2, 0.25) is 5.91 Å². The zero-order valence-corrected chi connectivity index (χ0v) is 8.86. The van der Waals surface area contributed by atoms with Gasteiger partial charge in [-0.15, -0.1) is 0 Å². The lowest BCUT2D eigenvalue weighted by molar-refractivity contribution is -0.119. The third-order valence-electron chi connectivity index (χ3n) is 2.82. The molecule has 1 aromatic carbocycles. The average Bonchev–Trinajstić information content (AvgIpc) is 2.66. The summed E-state index contributed by atoms with van der Waals surface area (Å²) < 4.78 is 0. The molecule has 78 valence electrons. The van der Waals surface area contributed by atoms with Crippen LogP contribution in [-0.4, -0.2) is 12.5 Å². The molecule has 2 rings (SSSR count). The van der Waals surface area contributed by atoms with Crippen molar-refractivity contribution in [2.75, 3.05) is 6.54 Å². The lowest BCUT2D eigenvalue weighted by Crippen LogP contribution is -2.14. The highest BCUT2D eigenvalue weighted by Gasteiger charge is 2.22. The Bertz CT molecular complexity index is 381. The van der Waals surface area contributed by atoms with Crippen molar-refractivity contribution in [1.82, 2.24) is 5.32 Å². The summed E-state index contributed by atoms with van der Waals surface area (Å²) in [4.78, 5) is 11.1. The molecule has 0 saturated carbocycles. The van der Waals surface area contributed by atoms with Gasteiger partial charge >= 0.3 is 0 Å². The van der Waals surface area contributed by atoms with Crippen molar-refractivity contribution < 1.29 is 4.79 Å². The van der Waals surface area contributed by atoms with Crippen LogP contribution in [0.5, 0.6) is 0 Å². The van der Waals surface area contributed by atoms with Crippen molar-refractivity contribution in [1.29, 1.82) is 0 Å². The predicted molar refractivity (Wildman–Crippen MR) is 61.2 cm³/mol. The molecule has 0 bridgehead atoms. The molecule has 1 amide bonds. The van der Waals surface area contributed by atoms with Crippen LogP contribution in [0.3, 0.4) is 0 Å². The second-order valence-electron chi connectivity index (χ2n) is 4.00. The summed E-state index contributed by atoms with van der Waals surface area (Å²) in [6, 6.07) is 10.2. The summed E-state index contributed by atoms with van der Waals surface area (Å²) in [5.74, 6) is 0.540. The van der Waals surface area contributed by atoms with Gasteiger partial charge in [-0.05, 0) is 12.5 Å². The maximum absolute atomic E-state index is 11.1. The van der Waals surface area contributed by atoms with Crippen LogP contribution in [0.1, 0.15) is 18.9 Å². The van der Waals surface area contributed by atoms with E-state index in [-0.39, 0.29) is 5.91 Å². The lowest BCUT2D eigenvalue weighted by atomic mass is 9.97. The van der Waals surface area contributed by atoms with E-state index in [2.05, 4.69) is 30.4 Å². The predicted octanol–water partition coefficient (Wildman–Crippen LogP) is 2.23. The van der Waals surface area contributed by atoms with Gasteiger partial charge in [0.25, 0.3) is 0 Å². The van der Waals surface area contributed by atoms with Gasteiger partial charge in [0.05, 0.1) is 0 Å². The number of nitrogens with one attached hydrogen (secondary N) is 1. The number of benzene rings is 1. The Morgan fingerprint density at radius 1 is 1.40 bits per heavy atom. The molecule has 1 saturated heterocycles. The molecule has 1 atom stereocenters. The molecule has 1 fully saturated rings. The molecule has 0 aliphatic carbocycles.